The highest BCUT2D eigenvalue weighted by Gasteiger charge is 2.20. The molecule has 1 aliphatic heterocycles. The van der Waals surface area contributed by atoms with E-state index in [9.17, 15) is 4.79 Å². The second kappa shape index (κ2) is 3.33. The highest BCUT2D eigenvalue weighted by atomic mass is 32.2. The van der Waals surface area contributed by atoms with Crippen molar-refractivity contribution in [2.24, 2.45) is 0 Å². The van der Waals surface area contributed by atoms with Crippen LogP contribution < -0.4 is 0 Å². The van der Waals surface area contributed by atoms with Crippen molar-refractivity contribution in [1.82, 2.24) is 0 Å². The zero-order valence-corrected chi connectivity index (χ0v) is 7.17. The third-order valence-corrected chi connectivity index (χ3v) is 2.67. The van der Waals surface area contributed by atoms with Gasteiger partial charge in [-0.15, -0.1) is 0 Å². The van der Waals surface area contributed by atoms with Crippen molar-refractivity contribution < 1.29 is 13.9 Å². The first-order valence-electron chi connectivity index (χ1n) is 3.68. The van der Waals surface area contributed by atoms with Crippen LogP contribution in [0.25, 0.3) is 0 Å². The van der Waals surface area contributed by atoms with E-state index in [1.807, 2.05) is 6.07 Å². The van der Waals surface area contributed by atoms with Crippen LogP contribution in [0.4, 0.5) is 0 Å². The summed E-state index contributed by atoms with van der Waals surface area (Å²) < 4.78 is 10.2. The molecule has 2 rings (SSSR count). The minimum absolute atomic E-state index is 0.387. The summed E-state index contributed by atoms with van der Waals surface area (Å²) in [5.74, 6) is 0.387. The molecule has 0 aromatic carbocycles. The molecule has 64 valence electrons. The Balaban J connectivity index is 1.97. The average molecular weight is 184 g/mol. The molecule has 12 heavy (non-hydrogen) atoms. The van der Waals surface area contributed by atoms with Gasteiger partial charge in [-0.25, -0.2) is 0 Å². The van der Waals surface area contributed by atoms with Crippen molar-refractivity contribution in [3.8, 4) is 0 Å². The number of hydrogen-bond donors (Lipinski definition) is 0. The third kappa shape index (κ3) is 1.54. The molecule has 0 spiro atoms. The van der Waals surface area contributed by atoms with Gasteiger partial charge in [0.25, 0.3) is 0 Å². The molecule has 0 N–H and O–H groups in total. The third-order valence-electron chi connectivity index (χ3n) is 1.61. The Morgan fingerprint density at radius 2 is 2.33 bits per heavy atom. The van der Waals surface area contributed by atoms with E-state index in [1.165, 1.54) is 0 Å². The summed E-state index contributed by atoms with van der Waals surface area (Å²) in [7, 11) is 0. The maximum atomic E-state index is 10.3. The van der Waals surface area contributed by atoms with E-state index >= 15 is 0 Å². The molecule has 1 aromatic heterocycles. The normalized spacial score (nSPS) is 17.3. The summed E-state index contributed by atoms with van der Waals surface area (Å²) in [5, 5.41) is 1.29. The zero-order chi connectivity index (χ0) is 8.39. The lowest BCUT2D eigenvalue weighted by Crippen LogP contribution is -2.29. The highest BCUT2D eigenvalue weighted by molar-refractivity contribution is 7.99. The van der Waals surface area contributed by atoms with Crippen molar-refractivity contribution in [2.75, 3.05) is 13.2 Å². The summed E-state index contributed by atoms with van der Waals surface area (Å²) in [5.41, 5.74) is 0. The quantitative estimate of drug-likeness (QED) is 0.669. The van der Waals surface area contributed by atoms with Gasteiger partial charge in [0.05, 0.1) is 18.5 Å². The van der Waals surface area contributed by atoms with E-state index < -0.39 is 0 Å². The molecule has 0 aliphatic carbocycles. The topological polar surface area (TPSA) is 39.4 Å². The predicted molar refractivity (Wildman–Crippen MR) is 44.6 cm³/mol. The van der Waals surface area contributed by atoms with Gasteiger partial charge in [-0.3, -0.25) is 4.79 Å². The van der Waals surface area contributed by atoms with Gasteiger partial charge in [-0.05, 0) is 12.1 Å². The van der Waals surface area contributed by atoms with Crippen molar-refractivity contribution in [2.45, 2.75) is 10.3 Å². The molecular weight excluding hydrogens is 176 g/mol. The lowest BCUT2D eigenvalue weighted by atomic mass is 10.4. The van der Waals surface area contributed by atoms with E-state index in [2.05, 4.69) is 0 Å². The van der Waals surface area contributed by atoms with Gasteiger partial charge in [0, 0.05) is 0 Å². The van der Waals surface area contributed by atoms with Crippen LogP contribution in [0, 0.1) is 0 Å². The van der Waals surface area contributed by atoms with E-state index in [0.29, 0.717) is 17.3 Å². The van der Waals surface area contributed by atoms with Crippen LogP contribution in [0.3, 0.4) is 0 Å². The average Bonchev–Trinajstić information content (AvgIpc) is 2.44. The molecule has 1 aliphatic rings. The monoisotopic (exact) mass is 184 g/mol. The molecule has 0 amide bonds. The van der Waals surface area contributed by atoms with Gasteiger partial charge in [-0.1, -0.05) is 11.8 Å². The van der Waals surface area contributed by atoms with Gasteiger partial charge in [0.2, 0.25) is 0 Å². The van der Waals surface area contributed by atoms with Crippen molar-refractivity contribution >= 4 is 18.0 Å². The number of ether oxygens (including phenoxy) is 1. The summed E-state index contributed by atoms with van der Waals surface area (Å²) in [4.78, 5) is 10.3. The largest absolute Gasteiger partial charge is 0.447 e. The molecule has 1 saturated heterocycles. The SMILES string of the molecule is O=Cc1ccc(SC2COC2)o1. The lowest BCUT2D eigenvalue weighted by molar-refractivity contribution is 0.0452. The molecular formula is C8H8O3S. The van der Waals surface area contributed by atoms with Crippen LogP contribution in [-0.2, 0) is 4.74 Å². The Morgan fingerprint density at radius 1 is 1.50 bits per heavy atom. The number of rotatable bonds is 3. The first kappa shape index (κ1) is 7.89. The maximum Gasteiger partial charge on any atom is 0.185 e. The molecule has 0 atom stereocenters. The molecule has 0 unspecified atom stereocenters. The van der Waals surface area contributed by atoms with Crippen LogP contribution in [0.1, 0.15) is 10.6 Å². The van der Waals surface area contributed by atoms with Crippen LogP contribution in [0.2, 0.25) is 0 Å². The van der Waals surface area contributed by atoms with E-state index in [4.69, 9.17) is 9.15 Å². The molecule has 0 bridgehead atoms. The molecule has 2 heterocycles. The maximum absolute atomic E-state index is 10.3. The number of hydrogen-bond acceptors (Lipinski definition) is 4. The zero-order valence-electron chi connectivity index (χ0n) is 6.36. The predicted octanol–water partition coefficient (Wildman–Crippen LogP) is 1.58. The Labute approximate surface area is 74.1 Å². The number of carbonyl (C=O) groups excluding carboxylic acids is 1. The van der Waals surface area contributed by atoms with E-state index in [1.54, 1.807) is 17.8 Å². The van der Waals surface area contributed by atoms with Crippen LogP contribution in [-0.4, -0.2) is 24.7 Å². The number of furan rings is 1. The first-order valence-corrected chi connectivity index (χ1v) is 4.56. The molecule has 1 fully saturated rings. The van der Waals surface area contributed by atoms with Crippen LogP contribution in [0.5, 0.6) is 0 Å². The van der Waals surface area contributed by atoms with Gasteiger partial charge >= 0.3 is 0 Å². The van der Waals surface area contributed by atoms with Gasteiger partial charge in [0.1, 0.15) is 0 Å². The Bertz CT molecular complexity index is 278. The second-order valence-corrected chi connectivity index (χ2v) is 3.86. The summed E-state index contributed by atoms with van der Waals surface area (Å²) in [6, 6.07) is 3.49. The Kier molecular flexibility index (Phi) is 2.19. The standard InChI is InChI=1S/C8H8O3S/c9-3-6-1-2-8(11-6)12-7-4-10-5-7/h1-3,7H,4-5H2. The summed E-state index contributed by atoms with van der Waals surface area (Å²) >= 11 is 1.62. The first-order chi connectivity index (χ1) is 5.88. The summed E-state index contributed by atoms with van der Waals surface area (Å²) in [6.45, 7) is 1.56. The van der Waals surface area contributed by atoms with Crippen molar-refractivity contribution in [1.29, 1.82) is 0 Å². The lowest BCUT2D eigenvalue weighted by Gasteiger charge is -2.23. The van der Waals surface area contributed by atoms with E-state index in [-0.39, 0.29) is 0 Å². The molecule has 0 saturated carbocycles. The molecule has 4 heteroatoms. The Morgan fingerprint density at radius 3 is 2.83 bits per heavy atom. The van der Waals surface area contributed by atoms with Crippen LogP contribution in [0.15, 0.2) is 21.6 Å². The van der Waals surface area contributed by atoms with Gasteiger partial charge in [-0.2, -0.15) is 0 Å². The van der Waals surface area contributed by atoms with Crippen LogP contribution >= 0.6 is 11.8 Å². The van der Waals surface area contributed by atoms with Crippen molar-refractivity contribution in [3.63, 3.8) is 0 Å². The fraction of sp³-hybridized carbons (Fsp3) is 0.375. The summed E-state index contributed by atoms with van der Waals surface area (Å²) in [6.07, 6.45) is 0.710. The smallest absolute Gasteiger partial charge is 0.185 e. The van der Waals surface area contributed by atoms with Crippen molar-refractivity contribution in [3.05, 3.63) is 17.9 Å². The van der Waals surface area contributed by atoms with Gasteiger partial charge < -0.3 is 9.15 Å². The molecule has 1 aromatic rings. The number of aldehydes is 1. The van der Waals surface area contributed by atoms with Gasteiger partial charge in [0.15, 0.2) is 17.1 Å². The second-order valence-electron chi connectivity index (χ2n) is 2.55. The molecule has 3 nitrogen and oxygen atoms in total. The highest BCUT2D eigenvalue weighted by Crippen LogP contribution is 2.28. The fourth-order valence-electron chi connectivity index (χ4n) is 0.907. The molecule has 0 radical (unpaired) electrons. The number of carbonyl (C=O) groups is 1. The number of thioether (sulfide) groups is 1. The fourth-order valence-corrected chi connectivity index (χ4v) is 1.86. The minimum Gasteiger partial charge on any atom is -0.447 e. The Hall–Kier alpha value is -0.740. The van der Waals surface area contributed by atoms with E-state index in [0.717, 1.165) is 18.3 Å². The minimum atomic E-state index is 0.387.